The quantitative estimate of drug-likeness (QED) is 0.579. The molecule has 8 heteroatoms. The van der Waals surface area contributed by atoms with E-state index in [1.165, 1.54) is 18.4 Å². The van der Waals surface area contributed by atoms with E-state index in [0.29, 0.717) is 22.1 Å². The maximum absolute atomic E-state index is 12.9. The number of benzene rings is 1. The summed E-state index contributed by atoms with van der Waals surface area (Å²) in [6, 6.07) is 5.07. The molecule has 0 spiro atoms. The smallest absolute Gasteiger partial charge is 0.493 e. The molecular weight excluding hydrogens is 365 g/mol. The zero-order chi connectivity index (χ0) is 20.0. The molecule has 0 aliphatic carbocycles. The Balaban J connectivity index is 1.90. The van der Waals surface area contributed by atoms with Gasteiger partial charge in [0.2, 0.25) is 5.78 Å². The Kier molecular flexibility index (Phi) is 5.09. The predicted molar refractivity (Wildman–Crippen MR) is 106 cm³/mol. The number of carbonyl (C=O) groups excluding carboxylic acids is 1. The summed E-state index contributed by atoms with van der Waals surface area (Å²) in [6.07, 6.45) is 0. The molecule has 1 aromatic heterocycles. The van der Waals surface area contributed by atoms with Gasteiger partial charge in [0.1, 0.15) is 0 Å². The summed E-state index contributed by atoms with van der Waals surface area (Å²) in [5.41, 5.74) is 0.340. The van der Waals surface area contributed by atoms with Gasteiger partial charge in [-0.05, 0) is 52.8 Å². The van der Waals surface area contributed by atoms with E-state index < -0.39 is 18.3 Å². The van der Waals surface area contributed by atoms with E-state index in [0.717, 1.165) is 10.5 Å². The van der Waals surface area contributed by atoms with Gasteiger partial charge in [0.05, 0.1) is 30.2 Å². The first kappa shape index (κ1) is 19.9. The van der Waals surface area contributed by atoms with Crippen molar-refractivity contribution in [2.75, 3.05) is 14.2 Å². The van der Waals surface area contributed by atoms with Crippen LogP contribution < -0.4 is 14.3 Å². The molecule has 1 saturated heterocycles. The van der Waals surface area contributed by atoms with Crippen molar-refractivity contribution in [2.24, 2.45) is 0 Å². The Morgan fingerprint density at radius 2 is 1.67 bits per heavy atom. The highest BCUT2D eigenvalue weighted by Gasteiger charge is 2.53. The molecule has 1 aromatic carbocycles. The second kappa shape index (κ2) is 6.93. The van der Waals surface area contributed by atoms with Crippen molar-refractivity contribution < 1.29 is 23.6 Å². The van der Waals surface area contributed by atoms with Gasteiger partial charge in [-0.1, -0.05) is 0 Å². The van der Waals surface area contributed by atoms with Gasteiger partial charge in [0.25, 0.3) is 0 Å². The number of nitrogens with zero attached hydrogens (tertiary/aromatic N) is 1. The highest BCUT2D eigenvalue weighted by molar-refractivity contribution is 7.23. The zero-order valence-electron chi connectivity index (χ0n) is 16.7. The van der Waals surface area contributed by atoms with Gasteiger partial charge in [-0.25, -0.2) is 4.98 Å². The van der Waals surface area contributed by atoms with E-state index in [-0.39, 0.29) is 5.78 Å². The van der Waals surface area contributed by atoms with Gasteiger partial charge in [-0.2, -0.15) is 0 Å². The first-order chi connectivity index (χ1) is 12.6. The average molecular weight is 389 g/mol. The highest BCUT2D eigenvalue weighted by Crippen LogP contribution is 2.37. The van der Waals surface area contributed by atoms with Gasteiger partial charge in [0, 0.05) is 11.3 Å². The largest absolute Gasteiger partial charge is 0.507 e. The fourth-order valence-electron chi connectivity index (χ4n) is 2.78. The Morgan fingerprint density at radius 3 is 2.22 bits per heavy atom. The van der Waals surface area contributed by atoms with Crippen LogP contribution in [0.25, 0.3) is 0 Å². The molecule has 27 heavy (non-hydrogen) atoms. The monoisotopic (exact) mass is 389 g/mol. The van der Waals surface area contributed by atoms with Crippen molar-refractivity contribution in [2.45, 2.75) is 45.8 Å². The summed E-state index contributed by atoms with van der Waals surface area (Å²) in [7, 11) is 2.57. The van der Waals surface area contributed by atoms with E-state index in [1.54, 1.807) is 25.3 Å². The lowest BCUT2D eigenvalue weighted by molar-refractivity contribution is 0.00578. The summed E-state index contributed by atoms with van der Waals surface area (Å²) in [5, 5.41) is 0.393. The number of ketones is 1. The summed E-state index contributed by atoms with van der Waals surface area (Å²) in [6.45, 7) is 9.86. The third-order valence-corrected chi connectivity index (χ3v) is 6.32. The minimum absolute atomic E-state index is 0.174. The molecule has 1 aliphatic heterocycles. The van der Waals surface area contributed by atoms with Gasteiger partial charge in [-0.3, -0.25) is 4.79 Å². The van der Waals surface area contributed by atoms with E-state index in [1.807, 2.05) is 34.6 Å². The number of methoxy groups -OCH3 is 2. The minimum Gasteiger partial charge on any atom is -0.493 e. The predicted octanol–water partition coefficient (Wildman–Crippen LogP) is 3.00. The van der Waals surface area contributed by atoms with Gasteiger partial charge in [0.15, 0.2) is 16.5 Å². The number of hydrogen-bond donors (Lipinski definition) is 0. The van der Waals surface area contributed by atoms with Crippen LogP contribution in [-0.4, -0.2) is 43.3 Å². The van der Waals surface area contributed by atoms with Crippen LogP contribution >= 0.6 is 11.3 Å². The van der Waals surface area contributed by atoms with Crippen molar-refractivity contribution in [3.8, 4) is 11.5 Å². The van der Waals surface area contributed by atoms with E-state index in [2.05, 4.69) is 4.98 Å². The van der Waals surface area contributed by atoms with Crippen LogP contribution in [0.2, 0.25) is 0 Å². The van der Waals surface area contributed by atoms with E-state index in [4.69, 9.17) is 18.8 Å². The lowest BCUT2D eigenvalue weighted by Gasteiger charge is -2.32. The fraction of sp³-hybridized carbons (Fsp3) is 0.474. The van der Waals surface area contributed by atoms with Crippen molar-refractivity contribution in [3.63, 3.8) is 0 Å². The third kappa shape index (κ3) is 3.49. The van der Waals surface area contributed by atoms with Gasteiger partial charge >= 0.3 is 7.12 Å². The Hall–Kier alpha value is -1.90. The first-order valence-corrected chi connectivity index (χ1v) is 9.51. The second-order valence-corrected chi connectivity index (χ2v) is 8.49. The first-order valence-electron chi connectivity index (χ1n) is 8.69. The summed E-state index contributed by atoms with van der Waals surface area (Å²) < 4.78 is 23.5. The van der Waals surface area contributed by atoms with Crippen LogP contribution in [0.5, 0.6) is 11.5 Å². The van der Waals surface area contributed by atoms with Crippen LogP contribution in [-0.2, 0) is 9.31 Å². The summed E-state index contributed by atoms with van der Waals surface area (Å²) >= 11 is 1.30. The van der Waals surface area contributed by atoms with Crippen molar-refractivity contribution >= 4 is 29.0 Å². The number of aryl methyl sites for hydroxylation is 1. The van der Waals surface area contributed by atoms with Crippen LogP contribution in [0.4, 0.5) is 0 Å². The molecular formula is C19H24BNO5S. The van der Waals surface area contributed by atoms with Crippen LogP contribution in [0.1, 0.15) is 48.8 Å². The van der Waals surface area contributed by atoms with Crippen LogP contribution in [0, 0.1) is 6.92 Å². The number of rotatable bonds is 5. The minimum atomic E-state index is -0.528. The van der Waals surface area contributed by atoms with Gasteiger partial charge < -0.3 is 18.8 Å². The molecule has 6 nitrogen and oxygen atoms in total. The lowest BCUT2D eigenvalue weighted by atomic mass is 9.86. The molecule has 0 saturated carbocycles. The molecule has 2 heterocycles. The average Bonchev–Trinajstić information content (AvgIpc) is 3.10. The molecule has 0 unspecified atom stereocenters. The summed E-state index contributed by atoms with van der Waals surface area (Å²) in [5.74, 6) is 0.900. The van der Waals surface area contributed by atoms with Crippen molar-refractivity contribution in [1.29, 1.82) is 0 Å². The molecule has 1 aliphatic rings. The fourth-order valence-corrected chi connectivity index (χ4v) is 3.76. The number of ether oxygens (including phenoxy) is 2. The van der Waals surface area contributed by atoms with Crippen molar-refractivity contribution in [1.82, 2.24) is 4.98 Å². The van der Waals surface area contributed by atoms with Crippen LogP contribution in [0.3, 0.4) is 0 Å². The molecule has 0 amide bonds. The Labute approximate surface area is 164 Å². The maximum Gasteiger partial charge on any atom is 0.507 e. The molecule has 1 fully saturated rings. The Morgan fingerprint density at radius 1 is 1.07 bits per heavy atom. The maximum atomic E-state index is 12.9. The van der Waals surface area contributed by atoms with Gasteiger partial charge in [-0.15, -0.1) is 11.3 Å². The van der Waals surface area contributed by atoms with E-state index in [9.17, 15) is 4.79 Å². The standard InChI is InChI=1S/C19H24BNO5S/c1-11-16(20-25-18(2,3)19(4,5)26-20)27-17(21-11)15(22)12-8-9-13(23-6)14(10-12)24-7/h8-10H,1-7H3. The number of aromatic nitrogens is 1. The normalized spacial score (nSPS) is 17.8. The summed E-state index contributed by atoms with van der Waals surface area (Å²) in [4.78, 5) is 17.4. The molecule has 0 bridgehead atoms. The number of hydrogen-bond acceptors (Lipinski definition) is 7. The number of thiazole rings is 1. The third-order valence-electron chi connectivity index (χ3n) is 5.14. The molecule has 2 aromatic rings. The molecule has 0 radical (unpaired) electrons. The lowest BCUT2D eigenvalue weighted by Crippen LogP contribution is -2.41. The van der Waals surface area contributed by atoms with E-state index >= 15 is 0 Å². The number of carbonyl (C=O) groups is 1. The topological polar surface area (TPSA) is 66.9 Å². The van der Waals surface area contributed by atoms with Crippen LogP contribution in [0.15, 0.2) is 18.2 Å². The zero-order valence-corrected chi connectivity index (χ0v) is 17.5. The second-order valence-electron chi connectivity index (χ2n) is 7.46. The van der Waals surface area contributed by atoms with Crippen molar-refractivity contribution in [3.05, 3.63) is 34.5 Å². The Bertz CT molecular complexity index is 861. The SMILES string of the molecule is COc1ccc(C(=O)c2nc(C)c(B3OC(C)(C)C(C)(C)O3)s2)cc1OC. The molecule has 3 rings (SSSR count). The molecule has 0 atom stereocenters. The molecule has 144 valence electrons. The molecule has 0 N–H and O–H groups in total. The highest BCUT2D eigenvalue weighted by atomic mass is 32.1.